The van der Waals surface area contributed by atoms with Gasteiger partial charge < -0.3 is 21.8 Å². The maximum atomic E-state index is 5.73. The van der Waals surface area contributed by atoms with Crippen LogP contribution in [0.25, 0.3) is 11.2 Å². The lowest BCUT2D eigenvalue weighted by molar-refractivity contribution is 0.810. The highest BCUT2D eigenvalue weighted by atomic mass is 79.9. The lowest BCUT2D eigenvalue weighted by Gasteiger charge is -2.06. The summed E-state index contributed by atoms with van der Waals surface area (Å²) in [5.74, 6) is 0.231. The van der Waals surface area contributed by atoms with Crippen LogP contribution in [0.4, 0.5) is 11.8 Å². The molecule has 112 valence electrons. The Balaban J connectivity index is 2.11. The van der Waals surface area contributed by atoms with Crippen molar-refractivity contribution in [3.05, 3.63) is 40.6 Å². The number of aromatic nitrogens is 4. The second-order valence-corrected chi connectivity index (χ2v) is 5.43. The maximum absolute atomic E-state index is 5.73. The number of imidazole rings is 1. The van der Waals surface area contributed by atoms with Crippen LogP contribution in [0.1, 0.15) is 5.56 Å². The van der Waals surface area contributed by atoms with Crippen molar-refractivity contribution in [1.82, 2.24) is 19.5 Å². The van der Waals surface area contributed by atoms with Gasteiger partial charge in [-0.25, -0.2) is 4.98 Å². The zero-order valence-electron chi connectivity index (χ0n) is 11.4. The zero-order valence-corrected chi connectivity index (χ0v) is 13.0. The average Bonchev–Trinajstić information content (AvgIpc) is 2.84. The zero-order chi connectivity index (χ0) is 15.7. The Morgan fingerprint density at radius 3 is 2.73 bits per heavy atom. The molecule has 1 aromatic carbocycles. The number of hydrogen-bond donors (Lipinski definition) is 3. The van der Waals surface area contributed by atoms with Crippen LogP contribution < -0.4 is 17.2 Å². The molecular weight excluding hydrogens is 348 g/mol. The van der Waals surface area contributed by atoms with Gasteiger partial charge in [-0.05, 0) is 11.6 Å². The molecule has 0 bridgehead atoms. The Bertz CT molecular complexity index is 866. The number of halogens is 1. The van der Waals surface area contributed by atoms with Gasteiger partial charge in [0.25, 0.3) is 0 Å². The van der Waals surface area contributed by atoms with Crippen molar-refractivity contribution >= 4 is 44.8 Å². The van der Waals surface area contributed by atoms with E-state index in [9.17, 15) is 0 Å². The molecule has 3 rings (SSSR count). The van der Waals surface area contributed by atoms with Crippen LogP contribution >= 0.6 is 15.9 Å². The van der Waals surface area contributed by atoms with Crippen molar-refractivity contribution in [1.29, 1.82) is 0 Å². The molecule has 0 amide bonds. The number of hydrogen-bond acceptors (Lipinski definition) is 5. The molecule has 0 radical (unpaired) electrons. The fourth-order valence-corrected chi connectivity index (χ4v) is 2.48. The van der Waals surface area contributed by atoms with Gasteiger partial charge in [-0.2, -0.15) is 15.0 Å². The molecule has 2 heterocycles. The summed E-state index contributed by atoms with van der Waals surface area (Å²) in [4.78, 5) is 16.5. The van der Waals surface area contributed by atoms with E-state index in [4.69, 9.17) is 17.2 Å². The minimum absolute atomic E-state index is 0.0846. The van der Waals surface area contributed by atoms with Gasteiger partial charge in [-0.3, -0.25) is 0 Å². The van der Waals surface area contributed by atoms with Crippen LogP contribution in [0, 0.1) is 0 Å². The molecule has 0 fully saturated rings. The van der Waals surface area contributed by atoms with Crippen LogP contribution in [0.5, 0.6) is 0 Å². The van der Waals surface area contributed by atoms with Crippen molar-refractivity contribution in [2.75, 3.05) is 5.73 Å². The van der Waals surface area contributed by atoms with E-state index < -0.39 is 0 Å². The number of guanidine groups is 1. The Morgan fingerprint density at radius 1 is 1.23 bits per heavy atom. The van der Waals surface area contributed by atoms with Crippen molar-refractivity contribution in [2.45, 2.75) is 6.54 Å². The number of fused-ring (bicyclic) bond motifs is 1. The standard InChI is InChI=1S/C13H13BrN8/c14-8-4-2-1-3-7(8)5-22-6-18-9-10(19-12(15)16)20-13(17)21-11(9)22/h1-4,6H,5H2,(H6,15,16,17,19,20,21). The molecule has 0 saturated heterocycles. The number of nitrogen functional groups attached to an aromatic ring is 1. The van der Waals surface area contributed by atoms with E-state index in [1.165, 1.54) is 0 Å². The van der Waals surface area contributed by atoms with E-state index in [0.29, 0.717) is 17.7 Å². The third kappa shape index (κ3) is 2.70. The predicted octanol–water partition coefficient (Wildman–Crippen LogP) is 1.12. The largest absolute Gasteiger partial charge is 0.370 e. The first-order chi connectivity index (χ1) is 10.5. The van der Waals surface area contributed by atoms with E-state index in [2.05, 4.69) is 35.9 Å². The minimum Gasteiger partial charge on any atom is -0.370 e. The number of anilines is 1. The Kier molecular flexibility index (Phi) is 3.63. The summed E-state index contributed by atoms with van der Waals surface area (Å²) in [5.41, 5.74) is 18.7. The highest BCUT2D eigenvalue weighted by Crippen LogP contribution is 2.24. The van der Waals surface area contributed by atoms with Gasteiger partial charge >= 0.3 is 0 Å². The van der Waals surface area contributed by atoms with Crippen molar-refractivity contribution < 1.29 is 0 Å². The van der Waals surface area contributed by atoms with Crippen LogP contribution in [0.15, 0.2) is 40.1 Å². The molecule has 0 aliphatic carbocycles. The number of aliphatic imine (C=N–C) groups is 1. The molecule has 2 aromatic heterocycles. The summed E-state index contributed by atoms with van der Waals surface area (Å²) in [6.45, 7) is 0.579. The van der Waals surface area contributed by atoms with Gasteiger partial charge in [-0.15, -0.1) is 0 Å². The lowest BCUT2D eigenvalue weighted by Crippen LogP contribution is -2.22. The Hall–Kier alpha value is -2.68. The summed E-state index contributed by atoms with van der Waals surface area (Å²) < 4.78 is 2.86. The Labute approximate surface area is 134 Å². The first-order valence-electron chi connectivity index (χ1n) is 6.36. The fraction of sp³-hybridized carbons (Fsp3) is 0.0769. The number of nitrogens with zero attached hydrogens (tertiary/aromatic N) is 5. The van der Waals surface area contributed by atoms with Gasteiger partial charge in [0.05, 0.1) is 12.9 Å². The molecule has 0 aliphatic rings. The summed E-state index contributed by atoms with van der Waals surface area (Å²) in [6, 6.07) is 7.91. The quantitative estimate of drug-likeness (QED) is 0.473. The van der Waals surface area contributed by atoms with E-state index in [1.54, 1.807) is 6.33 Å². The summed E-state index contributed by atoms with van der Waals surface area (Å²) in [7, 11) is 0. The molecule has 0 unspecified atom stereocenters. The Morgan fingerprint density at radius 2 is 2.00 bits per heavy atom. The number of benzene rings is 1. The smallest absolute Gasteiger partial charge is 0.224 e. The monoisotopic (exact) mass is 360 g/mol. The predicted molar refractivity (Wildman–Crippen MR) is 88.4 cm³/mol. The normalized spacial score (nSPS) is 10.8. The molecule has 9 heteroatoms. The van der Waals surface area contributed by atoms with Crippen molar-refractivity contribution in [3.8, 4) is 0 Å². The van der Waals surface area contributed by atoms with E-state index in [1.807, 2.05) is 28.8 Å². The van der Waals surface area contributed by atoms with E-state index in [0.717, 1.165) is 10.0 Å². The molecule has 6 N–H and O–H groups in total. The number of rotatable bonds is 3. The SMILES string of the molecule is NC(N)=Nc1nc(N)nc2c1ncn2Cc1ccccc1Br. The third-order valence-electron chi connectivity index (χ3n) is 3.00. The second-order valence-electron chi connectivity index (χ2n) is 4.58. The highest BCUT2D eigenvalue weighted by Gasteiger charge is 2.13. The molecular formula is C13H13BrN8. The van der Waals surface area contributed by atoms with Crippen molar-refractivity contribution in [2.24, 2.45) is 16.5 Å². The molecule has 0 spiro atoms. The minimum atomic E-state index is -0.111. The number of nitrogens with two attached hydrogens (primary N) is 3. The summed E-state index contributed by atoms with van der Waals surface area (Å²) >= 11 is 3.52. The first kappa shape index (κ1) is 14.3. The van der Waals surface area contributed by atoms with Crippen LogP contribution in [-0.4, -0.2) is 25.5 Å². The molecule has 0 aliphatic heterocycles. The molecule has 0 saturated carbocycles. The van der Waals surface area contributed by atoms with E-state index >= 15 is 0 Å². The molecule has 22 heavy (non-hydrogen) atoms. The second kappa shape index (κ2) is 5.60. The maximum Gasteiger partial charge on any atom is 0.224 e. The molecule has 8 nitrogen and oxygen atoms in total. The van der Waals surface area contributed by atoms with Gasteiger partial charge in [-0.1, -0.05) is 34.1 Å². The fourth-order valence-electron chi connectivity index (χ4n) is 2.07. The van der Waals surface area contributed by atoms with Crippen LogP contribution in [-0.2, 0) is 6.54 Å². The summed E-state index contributed by atoms with van der Waals surface area (Å²) in [5, 5.41) is 0. The van der Waals surface area contributed by atoms with Crippen LogP contribution in [0.2, 0.25) is 0 Å². The van der Waals surface area contributed by atoms with Gasteiger partial charge in [0, 0.05) is 4.47 Å². The average molecular weight is 361 g/mol. The first-order valence-corrected chi connectivity index (χ1v) is 7.15. The third-order valence-corrected chi connectivity index (χ3v) is 3.77. The van der Waals surface area contributed by atoms with Gasteiger partial charge in [0.15, 0.2) is 22.9 Å². The highest BCUT2D eigenvalue weighted by molar-refractivity contribution is 9.10. The topological polar surface area (TPSA) is 134 Å². The van der Waals surface area contributed by atoms with Crippen molar-refractivity contribution in [3.63, 3.8) is 0 Å². The lowest BCUT2D eigenvalue weighted by atomic mass is 10.2. The van der Waals surface area contributed by atoms with E-state index in [-0.39, 0.29) is 17.7 Å². The van der Waals surface area contributed by atoms with Gasteiger partial charge in [0.1, 0.15) is 0 Å². The van der Waals surface area contributed by atoms with Crippen LogP contribution in [0.3, 0.4) is 0 Å². The molecule has 0 atom stereocenters. The summed E-state index contributed by atoms with van der Waals surface area (Å²) in [6.07, 6.45) is 1.66. The van der Waals surface area contributed by atoms with Gasteiger partial charge in [0.2, 0.25) is 5.95 Å². The molecule has 3 aromatic rings.